The Balaban J connectivity index is 1.33. The molecule has 196 valence electrons. The lowest BCUT2D eigenvalue weighted by Crippen LogP contribution is -2.13. The number of methoxy groups -OCH3 is 1. The zero-order valence-electron chi connectivity index (χ0n) is 20.7. The Morgan fingerprint density at radius 2 is 1.79 bits per heavy atom. The second-order valence-corrected chi connectivity index (χ2v) is 8.93. The zero-order chi connectivity index (χ0) is 27.4. The van der Waals surface area contributed by atoms with Crippen LogP contribution in [-0.4, -0.2) is 23.0 Å². The van der Waals surface area contributed by atoms with Crippen LogP contribution < -0.4 is 25.8 Å². The van der Waals surface area contributed by atoms with Gasteiger partial charge in [0.1, 0.15) is 24.6 Å². The molecule has 4 aromatic carbocycles. The quantitative estimate of drug-likeness (QED) is 0.189. The fourth-order valence-electron chi connectivity index (χ4n) is 3.87. The van der Waals surface area contributed by atoms with E-state index in [4.69, 9.17) is 26.8 Å². The minimum absolute atomic E-state index is 0.00301. The zero-order valence-corrected chi connectivity index (χ0v) is 21.5. The van der Waals surface area contributed by atoms with E-state index in [2.05, 4.69) is 20.6 Å². The average Bonchev–Trinajstić information content (AvgIpc) is 2.95. The van der Waals surface area contributed by atoms with E-state index in [1.807, 2.05) is 12.1 Å². The molecule has 10 heteroatoms. The normalized spacial score (nSPS) is 10.7. The number of nitrogens with zero attached hydrogens (tertiary/aromatic N) is 2. The minimum atomic E-state index is -0.510. The van der Waals surface area contributed by atoms with Gasteiger partial charge in [-0.25, -0.2) is 14.4 Å². The number of carbonyl (C=O) groups excluding carboxylic acids is 1. The van der Waals surface area contributed by atoms with Crippen molar-refractivity contribution in [3.8, 4) is 11.5 Å². The van der Waals surface area contributed by atoms with Gasteiger partial charge in [-0.3, -0.25) is 4.79 Å². The van der Waals surface area contributed by atoms with Gasteiger partial charge >= 0.3 is 0 Å². The second kappa shape index (κ2) is 11.2. The van der Waals surface area contributed by atoms with Gasteiger partial charge in [0, 0.05) is 22.7 Å². The number of halogens is 2. The molecule has 0 radical (unpaired) electrons. The molecule has 0 aliphatic rings. The number of benzene rings is 4. The van der Waals surface area contributed by atoms with Crippen LogP contribution in [0.4, 0.5) is 27.3 Å². The maximum atomic E-state index is 13.6. The minimum Gasteiger partial charge on any atom is -0.493 e. The van der Waals surface area contributed by atoms with Gasteiger partial charge in [-0.1, -0.05) is 35.9 Å². The van der Waals surface area contributed by atoms with Crippen LogP contribution >= 0.6 is 11.6 Å². The topological polar surface area (TPSA) is 111 Å². The molecule has 0 aliphatic carbocycles. The second-order valence-electron chi connectivity index (χ2n) is 8.52. The Hall–Kier alpha value is -4.89. The standard InChI is InChI=1S/C29H23ClFN5O3/c1-38-26-14-25-20(28(34-16-33-25)35-19-10-11-22(31)21(30)12-19)13-27(26)39-15-17-6-8-18(9-7-17)29(37)36-24-5-3-2-4-23(24)32/h2-14,16H,15,32H2,1H3,(H,36,37)(H,33,34,35). The summed E-state index contributed by atoms with van der Waals surface area (Å²) in [6.45, 7) is 0.222. The lowest BCUT2D eigenvalue weighted by atomic mass is 10.1. The monoisotopic (exact) mass is 543 g/mol. The van der Waals surface area contributed by atoms with E-state index < -0.39 is 5.82 Å². The van der Waals surface area contributed by atoms with E-state index in [1.165, 1.54) is 18.5 Å². The number of carbonyl (C=O) groups is 1. The highest BCUT2D eigenvalue weighted by Crippen LogP contribution is 2.35. The Morgan fingerprint density at radius 3 is 2.54 bits per heavy atom. The fraction of sp³-hybridized carbons (Fsp3) is 0.0690. The maximum absolute atomic E-state index is 13.6. The number of nitrogens with two attached hydrogens (primary N) is 1. The predicted octanol–water partition coefficient (Wildman–Crippen LogP) is 6.59. The van der Waals surface area contributed by atoms with E-state index in [-0.39, 0.29) is 17.5 Å². The number of fused-ring (bicyclic) bond motifs is 1. The first-order valence-corrected chi connectivity index (χ1v) is 12.2. The maximum Gasteiger partial charge on any atom is 0.255 e. The summed E-state index contributed by atoms with van der Waals surface area (Å²) in [6, 6.07) is 22.0. The van der Waals surface area contributed by atoms with Gasteiger partial charge < -0.3 is 25.8 Å². The van der Waals surface area contributed by atoms with E-state index in [9.17, 15) is 9.18 Å². The first-order chi connectivity index (χ1) is 18.9. The highest BCUT2D eigenvalue weighted by atomic mass is 35.5. The van der Waals surface area contributed by atoms with Crippen molar-refractivity contribution in [1.82, 2.24) is 9.97 Å². The third-order valence-corrected chi connectivity index (χ3v) is 6.21. The van der Waals surface area contributed by atoms with Gasteiger partial charge in [-0.05, 0) is 54.1 Å². The highest BCUT2D eigenvalue weighted by molar-refractivity contribution is 6.31. The molecule has 5 rings (SSSR count). The molecule has 8 nitrogen and oxygen atoms in total. The molecule has 1 aromatic heterocycles. The van der Waals surface area contributed by atoms with Gasteiger partial charge in [0.2, 0.25) is 0 Å². The van der Waals surface area contributed by atoms with Crippen molar-refractivity contribution in [1.29, 1.82) is 0 Å². The summed E-state index contributed by atoms with van der Waals surface area (Å²) in [5.41, 5.74) is 9.48. The molecule has 0 bridgehead atoms. The largest absolute Gasteiger partial charge is 0.493 e. The summed E-state index contributed by atoms with van der Waals surface area (Å²) < 4.78 is 25.2. The van der Waals surface area contributed by atoms with Crippen molar-refractivity contribution in [2.75, 3.05) is 23.5 Å². The van der Waals surface area contributed by atoms with Gasteiger partial charge in [0.25, 0.3) is 5.91 Å². The van der Waals surface area contributed by atoms with Crippen molar-refractivity contribution in [3.05, 3.63) is 107 Å². The van der Waals surface area contributed by atoms with Gasteiger partial charge in [0.05, 0.1) is 29.0 Å². The van der Waals surface area contributed by atoms with Crippen LogP contribution in [0.5, 0.6) is 11.5 Å². The van der Waals surface area contributed by atoms with E-state index in [0.29, 0.717) is 50.8 Å². The molecule has 0 aliphatic heterocycles. The number of hydrogen-bond donors (Lipinski definition) is 3. The Morgan fingerprint density at radius 1 is 1.00 bits per heavy atom. The molecule has 0 saturated heterocycles. The number of rotatable bonds is 8. The van der Waals surface area contributed by atoms with E-state index in [1.54, 1.807) is 61.7 Å². The molecule has 1 amide bonds. The van der Waals surface area contributed by atoms with Crippen LogP contribution in [0.3, 0.4) is 0 Å². The molecular weight excluding hydrogens is 521 g/mol. The number of para-hydroxylation sites is 2. The summed E-state index contributed by atoms with van der Waals surface area (Å²) in [6.07, 6.45) is 1.42. The lowest BCUT2D eigenvalue weighted by molar-refractivity contribution is 0.102. The van der Waals surface area contributed by atoms with Crippen molar-refractivity contribution >= 4 is 51.3 Å². The molecule has 39 heavy (non-hydrogen) atoms. The Labute approximate surface area is 228 Å². The first kappa shape index (κ1) is 25.7. The third kappa shape index (κ3) is 5.83. The SMILES string of the molecule is COc1cc2ncnc(Nc3ccc(F)c(Cl)c3)c2cc1OCc1ccc(C(=O)Nc2ccccc2N)cc1. The number of nitrogens with one attached hydrogen (secondary N) is 2. The van der Waals surface area contributed by atoms with Crippen LogP contribution in [0, 0.1) is 5.82 Å². The molecule has 0 saturated carbocycles. The van der Waals surface area contributed by atoms with Crippen molar-refractivity contribution < 1.29 is 18.7 Å². The summed E-state index contributed by atoms with van der Waals surface area (Å²) >= 11 is 5.92. The van der Waals surface area contributed by atoms with Crippen LogP contribution in [0.2, 0.25) is 5.02 Å². The third-order valence-electron chi connectivity index (χ3n) is 5.92. The molecule has 0 fully saturated rings. The number of hydrogen-bond acceptors (Lipinski definition) is 7. The molecule has 5 aromatic rings. The van der Waals surface area contributed by atoms with Crippen molar-refractivity contribution in [2.45, 2.75) is 6.61 Å². The molecule has 0 atom stereocenters. The molecule has 4 N–H and O–H groups in total. The molecule has 1 heterocycles. The van der Waals surface area contributed by atoms with E-state index >= 15 is 0 Å². The summed E-state index contributed by atoms with van der Waals surface area (Å²) in [7, 11) is 1.54. The molecule has 0 unspecified atom stereocenters. The van der Waals surface area contributed by atoms with Crippen molar-refractivity contribution in [3.63, 3.8) is 0 Å². The number of nitrogen functional groups attached to an aromatic ring is 1. The smallest absolute Gasteiger partial charge is 0.255 e. The number of anilines is 4. The van der Waals surface area contributed by atoms with Crippen LogP contribution in [0.1, 0.15) is 15.9 Å². The van der Waals surface area contributed by atoms with Gasteiger partial charge in [0.15, 0.2) is 11.5 Å². The van der Waals surface area contributed by atoms with Crippen molar-refractivity contribution in [2.24, 2.45) is 0 Å². The average molecular weight is 544 g/mol. The van der Waals surface area contributed by atoms with Gasteiger partial charge in [-0.15, -0.1) is 0 Å². The first-order valence-electron chi connectivity index (χ1n) is 11.8. The van der Waals surface area contributed by atoms with Crippen LogP contribution in [-0.2, 0) is 6.61 Å². The highest BCUT2D eigenvalue weighted by Gasteiger charge is 2.14. The molecule has 0 spiro atoms. The Bertz CT molecular complexity index is 1660. The summed E-state index contributed by atoms with van der Waals surface area (Å²) in [5.74, 6) is 0.683. The van der Waals surface area contributed by atoms with E-state index in [0.717, 1.165) is 5.56 Å². The van der Waals surface area contributed by atoms with Crippen LogP contribution in [0.25, 0.3) is 10.9 Å². The molecular formula is C29H23ClFN5O3. The lowest BCUT2D eigenvalue weighted by Gasteiger charge is -2.14. The number of aromatic nitrogens is 2. The predicted molar refractivity (Wildman–Crippen MR) is 150 cm³/mol. The number of amides is 1. The Kier molecular flexibility index (Phi) is 7.42. The van der Waals surface area contributed by atoms with Gasteiger partial charge in [-0.2, -0.15) is 0 Å². The number of ether oxygens (including phenoxy) is 2. The van der Waals surface area contributed by atoms with Crippen LogP contribution in [0.15, 0.2) is 85.2 Å². The fourth-order valence-corrected chi connectivity index (χ4v) is 4.05. The summed E-state index contributed by atoms with van der Waals surface area (Å²) in [4.78, 5) is 21.3. The summed E-state index contributed by atoms with van der Waals surface area (Å²) in [5, 5.41) is 6.62.